The van der Waals surface area contributed by atoms with Crippen LogP contribution in [0.3, 0.4) is 0 Å². The third-order valence-corrected chi connectivity index (χ3v) is 1.66. The molecular weight excluding hydrogens is 255 g/mol. The second-order valence-electron chi connectivity index (χ2n) is 2.88. The maximum atomic E-state index is 12.8. The van der Waals surface area contributed by atoms with E-state index in [0.29, 0.717) is 6.92 Å². The highest BCUT2D eigenvalue weighted by molar-refractivity contribution is 5.23. The van der Waals surface area contributed by atoms with Gasteiger partial charge in [0.05, 0.1) is 0 Å². The van der Waals surface area contributed by atoms with Gasteiger partial charge in [-0.2, -0.15) is 26.3 Å². The van der Waals surface area contributed by atoms with Crippen molar-refractivity contribution >= 4 is 0 Å². The second-order valence-corrected chi connectivity index (χ2v) is 2.88. The Bertz CT molecular complexity index is 267. The molecule has 0 radical (unpaired) electrons. The van der Waals surface area contributed by atoms with Crippen LogP contribution >= 0.6 is 0 Å². The van der Waals surface area contributed by atoms with Gasteiger partial charge in [-0.05, 0) is 12.5 Å². The lowest BCUT2D eigenvalue weighted by molar-refractivity contribution is -0.331. The predicted octanol–water partition coefficient (Wildman–Crippen LogP) is 4.03. The van der Waals surface area contributed by atoms with Crippen molar-refractivity contribution in [3.8, 4) is 0 Å². The molecule has 0 N–H and O–H groups in total. The summed E-state index contributed by atoms with van der Waals surface area (Å²) in [6.45, 7) is -1.66. The quantitative estimate of drug-likeness (QED) is 0.657. The second kappa shape index (κ2) is 4.17. The summed E-state index contributed by atoms with van der Waals surface area (Å²) in [5.41, 5.74) is -7.77. The third kappa shape index (κ3) is 2.27. The Labute approximate surface area is 83.7 Å². The Morgan fingerprint density at radius 1 is 0.875 bits per heavy atom. The molecule has 0 unspecified atom stereocenters. The van der Waals surface area contributed by atoms with Crippen molar-refractivity contribution in [2.24, 2.45) is 0 Å². The third-order valence-electron chi connectivity index (χ3n) is 1.66. The molecule has 0 bridgehead atoms. The standard InChI is InChI=1S/C7H5F9/c1-3(2-8)4(9)5(10,6(11,12)13)7(14,15)16/h2H2,1H3/b4-3-. The smallest absolute Gasteiger partial charge is 0.246 e. The lowest BCUT2D eigenvalue weighted by Crippen LogP contribution is -2.54. The molecule has 0 fully saturated rings. The van der Waals surface area contributed by atoms with E-state index in [-0.39, 0.29) is 0 Å². The summed E-state index contributed by atoms with van der Waals surface area (Å²) in [7, 11) is 0. The molecule has 0 saturated carbocycles. The van der Waals surface area contributed by atoms with E-state index in [1.807, 2.05) is 0 Å². The van der Waals surface area contributed by atoms with Crippen LogP contribution in [0, 0.1) is 0 Å². The molecule has 0 aliphatic heterocycles. The summed E-state index contributed by atoms with van der Waals surface area (Å²) in [6.07, 6.45) is -13.1. The van der Waals surface area contributed by atoms with Crippen LogP contribution in [0.1, 0.15) is 6.92 Å². The minimum atomic E-state index is -6.55. The van der Waals surface area contributed by atoms with Crippen molar-refractivity contribution < 1.29 is 39.5 Å². The molecule has 0 rings (SSSR count). The molecule has 0 atom stereocenters. The van der Waals surface area contributed by atoms with Gasteiger partial charge in [-0.3, -0.25) is 0 Å². The monoisotopic (exact) mass is 260 g/mol. The van der Waals surface area contributed by atoms with Gasteiger partial charge in [-0.25, -0.2) is 13.2 Å². The van der Waals surface area contributed by atoms with Crippen molar-refractivity contribution in [3.63, 3.8) is 0 Å². The highest BCUT2D eigenvalue weighted by Crippen LogP contribution is 2.51. The highest BCUT2D eigenvalue weighted by Gasteiger charge is 2.75. The molecule has 0 nitrogen and oxygen atoms in total. The van der Waals surface area contributed by atoms with Crippen LogP contribution in [0.5, 0.6) is 0 Å². The molecular formula is C7H5F9. The minimum Gasteiger partial charge on any atom is -0.246 e. The highest BCUT2D eigenvalue weighted by atomic mass is 19.4. The summed E-state index contributed by atoms with van der Waals surface area (Å²) in [5.74, 6) is -3.21. The molecule has 0 aromatic heterocycles. The van der Waals surface area contributed by atoms with Gasteiger partial charge in [-0.1, -0.05) is 0 Å². The van der Waals surface area contributed by atoms with Gasteiger partial charge in [0.1, 0.15) is 6.67 Å². The van der Waals surface area contributed by atoms with Crippen LogP contribution in [0.2, 0.25) is 0 Å². The van der Waals surface area contributed by atoms with E-state index in [1.54, 1.807) is 0 Å². The first-order valence-electron chi connectivity index (χ1n) is 3.63. The first-order valence-corrected chi connectivity index (χ1v) is 3.63. The van der Waals surface area contributed by atoms with Crippen LogP contribution in [-0.2, 0) is 0 Å². The van der Waals surface area contributed by atoms with Crippen LogP contribution in [0.25, 0.3) is 0 Å². The fourth-order valence-electron chi connectivity index (χ4n) is 0.762. The molecule has 0 saturated heterocycles. The number of hydrogen-bond donors (Lipinski definition) is 0. The number of allylic oxidation sites excluding steroid dienone is 2. The van der Waals surface area contributed by atoms with Gasteiger partial charge in [0.2, 0.25) is 0 Å². The van der Waals surface area contributed by atoms with E-state index in [0.717, 1.165) is 0 Å². The number of alkyl halides is 8. The molecule has 9 heteroatoms. The van der Waals surface area contributed by atoms with Crippen LogP contribution in [0.15, 0.2) is 11.4 Å². The van der Waals surface area contributed by atoms with Gasteiger partial charge in [0.25, 0.3) is 0 Å². The fraction of sp³-hybridized carbons (Fsp3) is 0.714. The average Bonchev–Trinajstić information content (AvgIpc) is 2.10. The molecule has 0 heterocycles. The zero-order valence-corrected chi connectivity index (χ0v) is 7.61. The van der Waals surface area contributed by atoms with Crippen molar-refractivity contribution in [1.29, 1.82) is 0 Å². The largest absolute Gasteiger partial charge is 0.438 e. The van der Waals surface area contributed by atoms with Gasteiger partial charge in [0.15, 0.2) is 5.83 Å². The van der Waals surface area contributed by atoms with Crippen molar-refractivity contribution in [2.45, 2.75) is 24.9 Å². The first-order chi connectivity index (χ1) is 6.89. The SMILES string of the molecule is C/C(CF)=C(/F)C(F)(C(F)(F)F)C(F)(F)F. The summed E-state index contributed by atoms with van der Waals surface area (Å²) in [6, 6.07) is 0. The van der Waals surface area contributed by atoms with Gasteiger partial charge < -0.3 is 0 Å². The van der Waals surface area contributed by atoms with Gasteiger partial charge in [0, 0.05) is 0 Å². The number of hydrogen-bond acceptors (Lipinski definition) is 0. The predicted molar refractivity (Wildman–Crippen MR) is 35.7 cm³/mol. The lowest BCUT2D eigenvalue weighted by atomic mass is 10.00. The van der Waals surface area contributed by atoms with E-state index in [4.69, 9.17) is 0 Å². The Morgan fingerprint density at radius 3 is 1.38 bits per heavy atom. The zero-order valence-electron chi connectivity index (χ0n) is 7.61. The summed E-state index contributed by atoms with van der Waals surface area (Å²) >= 11 is 0. The Balaban J connectivity index is 5.83. The van der Waals surface area contributed by atoms with Crippen LogP contribution in [-0.4, -0.2) is 24.7 Å². The van der Waals surface area contributed by atoms with Crippen molar-refractivity contribution in [3.05, 3.63) is 11.4 Å². The Hall–Kier alpha value is -0.890. The molecule has 16 heavy (non-hydrogen) atoms. The summed E-state index contributed by atoms with van der Waals surface area (Å²) < 4.78 is 108. The molecule has 0 aliphatic carbocycles. The van der Waals surface area contributed by atoms with Gasteiger partial charge in [-0.15, -0.1) is 0 Å². The molecule has 0 spiro atoms. The van der Waals surface area contributed by atoms with E-state index >= 15 is 0 Å². The molecule has 0 aromatic carbocycles. The molecule has 0 amide bonds. The topological polar surface area (TPSA) is 0 Å². The van der Waals surface area contributed by atoms with Crippen LogP contribution in [0.4, 0.5) is 39.5 Å². The van der Waals surface area contributed by atoms with E-state index in [9.17, 15) is 39.5 Å². The zero-order chi connectivity index (χ0) is 13.4. The summed E-state index contributed by atoms with van der Waals surface area (Å²) in [5, 5.41) is 0. The molecule has 0 aromatic rings. The average molecular weight is 260 g/mol. The van der Waals surface area contributed by atoms with Gasteiger partial charge >= 0.3 is 18.0 Å². The lowest BCUT2D eigenvalue weighted by Gasteiger charge is -2.29. The molecule has 96 valence electrons. The number of rotatable bonds is 2. The van der Waals surface area contributed by atoms with Crippen molar-refractivity contribution in [2.75, 3.05) is 6.67 Å². The van der Waals surface area contributed by atoms with Crippen molar-refractivity contribution in [1.82, 2.24) is 0 Å². The summed E-state index contributed by atoms with van der Waals surface area (Å²) in [4.78, 5) is 0. The van der Waals surface area contributed by atoms with E-state index in [2.05, 4.69) is 0 Å². The normalized spacial score (nSPS) is 16.1. The molecule has 0 aliphatic rings. The minimum absolute atomic E-state index is 0.293. The Kier molecular flexibility index (Phi) is 3.94. The first kappa shape index (κ1) is 15.1. The fourth-order valence-corrected chi connectivity index (χ4v) is 0.762. The van der Waals surface area contributed by atoms with E-state index < -0.39 is 36.1 Å². The Morgan fingerprint density at radius 2 is 1.19 bits per heavy atom. The number of halogens is 9. The maximum absolute atomic E-state index is 12.8. The maximum Gasteiger partial charge on any atom is 0.438 e. The van der Waals surface area contributed by atoms with E-state index in [1.165, 1.54) is 0 Å². The van der Waals surface area contributed by atoms with Crippen LogP contribution < -0.4 is 0 Å².